The number of rotatable bonds is 4. The first-order valence-corrected chi connectivity index (χ1v) is 8.26. The number of benzene rings is 1. The van der Waals surface area contributed by atoms with E-state index in [0.29, 0.717) is 22.2 Å². The molecule has 0 bridgehead atoms. The second-order valence-electron chi connectivity index (χ2n) is 5.99. The van der Waals surface area contributed by atoms with Crippen LogP contribution in [0.3, 0.4) is 0 Å². The van der Waals surface area contributed by atoms with Gasteiger partial charge in [-0.05, 0) is 43.7 Å². The van der Waals surface area contributed by atoms with E-state index in [4.69, 9.17) is 21.1 Å². The molecule has 2 heterocycles. The predicted octanol–water partition coefficient (Wildman–Crippen LogP) is 4.32. The van der Waals surface area contributed by atoms with Crippen molar-refractivity contribution in [2.24, 2.45) is 0 Å². The Morgan fingerprint density at radius 2 is 1.68 bits per heavy atom. The topological polar surface area (TPSA) is 53.4 Å². The van der Waals surface area contributed by atoms with Gasteiger partial charge in [0.25, 0.3) is 5.56 Å². The molecule has 130 valence electrons. The molecule has 0 aliphatic carbocycles. The maximum atomic E-state index is 13.2. The molecule has 25 heavy (non-hydrogen) atoms. The summed E-state index contributed by atoms with van der Waals surface area (Å²) in [6.07, 6.45) is 1.68. The van der Waals surface area contributed by atoms with Crippen LogP contribution in [0.5, 0.6) is 11.5 Å². The van der Waals surface area contributed by atoms with E-state index in [1.54, 1.807) is 37.1 Å². The van der Waals surface area contributed by atoms with E-state index in [2.05, 4.69) is 4.98 Å². The SMILES string of the molecule is COc1cc(OC)cc(-c2cc3cnc(Cl)cc3n(C(C)C)c2=O)c1. The number of methoxy groups -OCH3 is 2. The Kier molecular flexibility index (Phi) is 4.68. The first-order valence-electron chi connectivity index (χ1n) is 7.89. The highest BCUT2D eigenvalue weighted by molar-refractivity contribution is 6.30. The Bertz CT molecular complexity index is 974. The summed E-state index contributed by atoms with van der Waals surface area (Å²) in [6, 6.07) is 8.92. The number of hydrogen-bond donors (Lipinski definition) is 0. The zero-order valence-corrected chi connectivity index (χ0v) is 15.3. The first-order chi connectivity index (χ1) is 11.9. The van der Waals surface area contributed by atoms with Gasteiger partial charge in [0.05, 0.1) is 19.7 Å². The third kappa shape index (κ3) is 3.20. The van der Waals surface area contributed by atoms with Crippen molar-refractivity contribution in [1.29, 1.82) is 0 Å². The van der Waals surface area contributed by atoms with Gasteiger partial charge >= 0.3 is 0 Å². The van der Waals surface area contributed by atoms with Gasteiger partial charge < -0.3 is 14.0 Å². The van der Waals surface area contributed by atoms with Gasteiger partial charge in [0.2, 0.25) is 0 Å². The second-order valence-corrected chi connectivity index (χ2v) is 6.38. The molecule has 0 amide bonds. The standard InChI is InChI=1S/C19H19ClN2O3/c1-11(2)22-17-9-18(20)21-10-13(17)7-16(19(22)23)12-5-14(24-3)8-15(6-12)25-4/h5-11H,1-4H3. The largest absolute Gasteiger partial charge is 0.497 e. The van der Waals surface area contributed by atoms with Crippen molar-refractivity contribution in [1.82, 2.24) is 9.55 Å². The van der Waals surface area contributed by atoms with Gasteiger partial charge in [-0.3, -0.25) is 4.79 Å². The number of fused-ring (bicyclic) bond motifs is 1. The summed E-state index contributed by atoms with van der Waals surface area (Å²) in [6.45, 7) is 3.93. The Balaban J connectivity index is 2.36. The number of aromatic nitrogens is 2. The minimum absolute atomic E-state index is 0.0269. The van der Waals surface area contributed by atoms with Crippen LogP contribution >= 0.6 is 11.6 Å². The predicted molar refractivity (Wildman–Crippen MR) is 99.9 cm³/mol. The smallest absolute Gasteiger partial charge is 0.259 e. The van der Waals surface area contributed by atoms with Gasteiger partial charge in [0.1, 0.15) is 16.7 Å². The molecule has 2 aromatic heterocycles. The molecule has 0 aliphatic heterocycles. The van der Waals surface area contributed by atoms with Gasteiger partial charge in [-0.2, -0.15) is 0 Å². The molecule has 0 atom stereocenters. The molecule has 0 N–H and O–H groups in total. The van der Waals surface area contributed by atoms with E-state index in [-0.39, 0.29) is 11.6 Å². The van der Waals surface area contributed by atoms with Crippen molar-refractivity contribution < 1.29 is 9.47 Å². The summed E-state index contributed by atoms with van der Waals surface area (Å²) in [5.41, 5.74) is 1.95. The third-order valence-corrected chi connectivity index (χ3v) is 4.27. The molecule has 0 aliphatic rings. The lowest BCUT2D eigenvalue weighted by atomic mass is 10.0. The van der Waals surface area contributed by atoms with Gasteiger partial charge in [0.15, 0.2) is 0 Å². The lowest BCUT2D eigenvalue weighted by Gasteiger charge is -2.17. The summed E-state index contributed by atoms with van der Waals surface area (Å²) in [5, 5.41) is 1.20. The summed E-state index contributed by atoms with van der Waals surface area (Å²) < 4.78 is 12.4. The fourth-order valence-electron chi connectivity index (χ4n) is 2.89. The zero-order chi connectivity index (χ0) is 18.1. The van der Waals surface area contributed by atoms with Crippen LogP contribution in [0.2, 0.25) is 5.15 Å². The number of pyridine rings is 2. The molecule has 5 nitrogen and oxygen atoms in total. The van der Waals surface area contributed by atoms with Crippen LogP contribution in [0, 0.1) is 0 Å². The fraction of sp³-hybridized carbons (Fsp3) is 0.263. The zero-order valence-electron chi connectivity index (χ0n) is 14.5. The first kappa shape index (κ1) is 17.3. The highest BCUT2D eigenvalue weighted by Gasteiger charge is 2.15. The molecule has 6 heteroatoms. The molecule has 0 saturated carbocycles. The van der Waals surface area contributed by atoms with Gasteiger partial charge in [-0.25, -0.2) is 4.98 Å². The molecular formula is C19H19ClN2O3. The quantitative estimate of drug-likeness (QED) is 0.652. The third-order valence-electron chi connectivity index (χ3n) is 4.07. The highest BCUT2D eigenvalue weighted by atomic mass is 35.5. The average Bonchev–Trinajstić information content (AvgIpc) is 2.60. The molecule has 0 radical (unpaired) electrons. The second kappa shape index (κ2) is 6.76. The lowest BCUT2D eigenvalue weighted by Crippen LogP contribution is -2.24. The summed E-state index contributed by atoms with van der Waals surface area (Å²) in [5.74, 6) is 1.25. The summed E-state index contributed by atoms with van der Waals surface area (Å²) >= 11 is 6.02. The van der Waals surface area contributed by atoms with Crippen molar-refractivity contribution in [2.75, 3.05) is 14.2 Å². The molecule has 0 spiro atoms. The number of nitrogens with zero attached hydrogens (tertiary/aromatic N) is 2. The summed E-state index contributed by atoms with van der Waals surface area (Å²) in [7, 11) is 3.16. The van der Waals surface area contributed by atoms with Crippen LogP contribution in [-0.4, -0.2) is 23.8 Å². The highest BCUT2D eigenvalue weighted by Crippen LogP contribution is 2.30. The van der Waals surface area contributed by atoms with Crippen molar-refractivity contribution in [3.63, 3.8) is 0 Å². The Hall–Kier alpha value is -2.53. The molecule has 3 rings (SSSR count). The van der Waals surface area contributed by atoms with Crippen LogP contribution in [0.1, 0.15) is 19.9 Å². The molecular weight excluding hydrogens is 340 g/mol. The van der Waals surface area contributed by atoms with Gasteiger partial charge in [0, 0.05) is 29.3 Å². The average molecular weight is 359 g/mol. The lowest BCUT2D eigenvalue weighted by molar-refractivity contribution is 0.394. The molecule has 1 aromatic carbocycles. The van der Waals surface area contributed by atoms with E-state index in [0.717, 1.165) is 16.5 Å². The molecule has 3 aromatic rings. The number of ether oxygens (including phenoxy) is 2. The van der Waals surface area contributed by atoms with E-state index >= 15 is 0 Å². The molecule has 0 unspecified atom stereocenters. The Morgan fingerprint density at radius 1 is 1.04 bits per heavy atom. The molecule has 0 fully saturated rings. The van der Waals surface area contributed by atoms with Crippen molar-refractivity contribution in [2.45, 2.75) is 19.9 Å². The minimum atomic E-state index is -0.0972. The van der Waals surface area contributed by atoms with E-state index in [1.807, 2.05) is 32.0 Å². The van der Waals surface area contributed by atoms with Crippen molar-refractivity contribution in [3.05, 3.63) is 52.0 Å². The van der Waals surface area contributed by atoms with Crippen molar-refractivity contribution >= 4 is 22.5 Å². The normalized spacial score (nSPS) is 11.1. The van der Waals surface area contributed by atoms with Crippen LogP contribution in [0.15, 0.2) is 41.3 Å². The minimum Gasteiger partial charge on any atom is -0.497 e. The van der Waals surface area contributed by atoms with Crippen molar-refractivity contribution in [3.8, 4) is 22.6 Å². The van der Waals surface area contributed by atoms with Crippen LogP contribution < -0.4 is 15.0 Å². The fourth-order valence-corrected chi connectivity index (χ4v) is 3.04. The van der Waals surface area contributed by atoms with E-state index < -0.39 is 0 Å². The van der Waals surface area contributed by atoms with E-state index in [1.165, 1.54) is 0 Å². The van der Waals surface area contributed by atoms with E-state index in [9.17, 15) is 4.79 Å². The van der Waals surface area contributed by atoms with Crippen LogP contribution in [0.25, 0.3) is 22.0 Å². The Morgan fingerprint density at radius 3 is 2.24 bits per heavy atom. The molecule has 0 saturated heterocycles. The van der Waals surface area contributed by atoms with Gasteiger partial charge in [-0.15, -0.1) is 0 Å². The van der Waals surface area contributed by atoms with Crippen LogP contribution in [0.4, 0.5) is 0 Å². The monoisotopic (exact) mass is 358 g/mol. The maximum absolute atomic E-state index is 13.2. The van der Waals surface area contributed by atoms with Crippen LogP contribution in [-0.2, 0) is 0 Å². The van der Waals surface area contributed by atoms with Gasteiger partial charge in [-0.1, -0.05) is 11.6 Å². The number of halogens is 1. The summed E-state index contributed by atoms with van der Waals surface area (Å²) in [4.78, 5) is 17.3. The Labute approximate surface area is 150 Å². The maximum Gasteiger partial charge on any atom is 0.259 e. The number of hydrogen-bond acceptors (Lipinski definition) is 4.